The molecule has 1 saturated heterocycles. The molecule has 0 saturated carbocycles. The Morgan fingerprint density at radius 2 is 2.30 bits per heavy atom. The quantitative estimate of drug-likeness (QED) is 0.811. The van der Waals surface area contributed by atoms with Gasteiger partial charge in [-0.05, 0) is 31.0 Å². The fraction of sp³-hybridized carbons (Fsp3) is 0.500. The van der Waals surface area contributed by atoms with Gasteiger partial charge in [0.05, 0.1) is 13.2 Å². The number of aliphatic carboxylic acids is 1. The van der Waals surface area contributed by atoms with Crippen LogP contribution in [0.4, 0.5) is 5.69 Å². The lowest BCUT2D eigenvalue weighted by molar-refractivity contribution is -0.156. The molecule has 0 radical (unpaired) electrons. The zero-order valence-corrected chi connectivity index (χ0v) is 12.8. The number of fused-ring (bicyclic) bond motifs is 3. The van der Waals surface area contributed by atoms with Crippen LogP contribution in [0.2, 0.25) is 0 Å². The summed E-state index contributed by atoms with van der Waals surface area (Å²) < 4.78 is 6.45. The molecule has 2 aliphatic heterocycles. The number of hydrogen-bond acceptors (Lipinski definition) is 4. The Bertz CT molecular complexity index is 580. The first kappa shape index (κ1) is 13.9. The van der Waals surface area contributed by atoms with Crippen LogP contribution in [0.3, 0.4) is 0 Å². The van der Waals surface area contributed by atoms with Crippen molar-refractivity contribution in [2.75, 3.05) is 24.7 Å². The minimum atomic E-state index is -1.08. The van der Waals surface area contributed by atoms with Gasteiger partial charge < -0.3 is 20.5 Å². The van der Waals surface area contributed by atoms with Crippen molar-refractivity contribution < 1.29 is 14.6 Å². The van der Waals surface area contributed by atoms with Crippen LogP contribution < -0.4 is 10.6 Å². The van der Waals surface area contributed by atoms with Crippen LogP contribution in [0.5, 0.6) is 0 Å². The van der Waals surface area contributed by atoms with Gasteiger partial charge in [0.2, 0.25) is 0 Å². The van der Waals surface area contributed by atoms with Crippen molar-refractivity contribution in [2.24, 2.45) is 11.1 Å². The maximum Gasteiger partial charge on any atom is 0.313 e. The second kappa shape index (κ2) is 4.44. The van der Waals surface area contributed by atoms with Gasteiger partial charge in [-0.1, -0.05) is 22.0 Å². The molecule has 1 fully saturated rings. The highest BCUT2D eigenvalue weighted by Crippen LogP contribution is 2.47. The van der Waals surface area contributed by atoms with Gasteiger partial charge in [-0.15, -0.1) is 0 Å². The molecule has 0 amide bonds. The third kappa shape index (κ3) is 1.71. The van der Waals surface area contributed by atoms with E-state index in [4.69, 9.17) is 10.5 Å². The van der Waals surface area contributed by atoms with E-state index in [2.05, 4.69) is 15.9 Å². The second-order valence-corrected chi connectivity index (χ2v) is 6.63. The van der Waals surface area contributed by atoms with Crippen LogP contribution in [0, 0.1) is 5.41 Å². The van der Waals surface area contributed by atoms with E-state index >= 15 is 0 Å². The Kier molecular flexibility index (Phi) is 3.08. The fourth-order valence-corrected chi connectivity index (χ4v) is 3.54. The predicted octanol–water partition coefficient (Wildman–Crippen LogP) is 1.59. The average Bonchev–Trinajstić information content (AvgIpc) is 2.40. The molecule has 20 heavy (non-hydrogen) atoms. The van der Waals surface area contributed by atoms with Gasteiger partial charge in [0.1, 0.15) is 11.1 Å². The summed E-state index contributed by atoms with van der Waals surface area (Å²) in [6, 6.07) is 5.91. The number of morpholine rings is 1. The van der Waals surface area contributed by atoms with E-state index in [9.17, 15) is 9.90 Å². The van der Waals surface area contributed by atoms with Crippen molar-refractivity contribution in [3.05, 3.63) is 28.2 Å². The summed E-state index contributed by atoms with van der Waals surface area (Å²) in [7, 11) is 0. The number of ether oxygens (including phenoxy) is 1. The van der Waals surface area contributed by atoms with Crippen molar-refractivity contribution in [3.63, 3.8) is 0 Å². The number of nitrogens with two attached hydrogens (primary N) is 1. The normalized spacial score (nSPS) is 32.5. The number of anilines is 1. The number of carboxylic acids is 1. The van der Waals surface area contributed by atoms with E-state index in [0.717, 1.165) is 15.7 Å². The van der Waals surface area contributed by atoms with Crippen molar-refractivity contribution >= 4 is 27.6 Å². The van der Waals surface area contributed by atoms with E-state index in [1.165, 1.54) is 0 Å². The number of rotatable bonds is 1. The maximum atomic E-state index is 11.8. The molecule has 0 bridgehead atoms. The lowest BCUT2D eigenvalue weighted by Crippen LogP contribution is -2.75. The lowest BCUT2D eigenvalue weighted by atomic mass is 9.68. The molecule has 108 valence electrons. The second-order valence-electron chi connectivity index (χ2n) is 5.72. The van der Waals surface area contributed by atoms with Crippen molar-refractivity contribution in [1.82, 2.24) is 0 Å². The van der Waals surface area contributed by atoms with Crippen LogP contribution in [0.25, 0.3) is 0 Å². The Labute approximate surface area is 125 Å². The molecule has 0 spiro atoms. The minimum Gasteiger partial charge on any atom is -0.481 e. The largest absolute Gasteiger partial charge is 0.481 e. The molecule has 6 heteroatoms. The Morgan fingerprint density at radius 3 is 3.00 bits per heavy atom. The highest BCUT2D eigenvalue weighted by molar-refractivity contribution is 9.10. The first-order valence-electron chi connectivity index (χ1n) is 6.54. The number of benzene rings is 1. The van der Waals surface area contributed by atoms with Gasteiger partial charge in [0.15, 0.2) is 0 Å². The zero-order valence-electron chi connectivity index (χ0n) is 11.2. The monoisotopic (exact) mass is 340 g/mol. The third-order valence-electron chi connectivity index (χ3n) is 4.57. The summed E-state index contributed by atoms with van der Waals surface area (Å²) in [5.74, 6) is -0.885. The molecular formula is C14H17BrN2O3. The standard InChI is InChI=1S/C14H17BrN2O3/c1-13(12(18)19)7-9-2-3-10(15)6-11(9)17-4-5-20-8-14(13,17)16/h2-3,6H,4-5,7-8,16H2,1H3,(H,18,19). The maximum absolute atomic E-state index is 11.8. The van der Waals surface area contributed by atoms with E-state index < -0.39 is 17.0 Å². The Hall–Kier alpha value is -1.11. The van der Waals surface area contributed by atoms with Crippen LogP contribution in [-0.2, 0) is 16.0 Å². The van der Waals surface area contributed by atoms with Gasteiger partial charge >= 0.3 is 5.97 Å². The number of hydrogen-bond donors (Lipinski definition) is 2. The Balaban J connectivity index is 2.20. The smallest absolute Gasteiger partial charge is 0.313 e. The molecule has 5 nitrogen and oxygen atoms in total. The highest BCUT2D eigenvalue weighted by atomic mass is 79.9. The first-order chi connectivity index (χ1) is 9.38. The summed E-state index contributed by atoms with van der Waals surface area (Å²) in [6.07, 6.45) is 0.404. The van der Waals surface area contributed by atoms with Gasteiger partial charge in [0, 0.05) is 16.7 Å². The molecule has 0 aliphatic carbocycles. The topological polar surface area (TPSA) is 75.8 Å². The Morgan fingerprint density at radius 1 is 1.55 bits per heavy atom. The molecule has 2 aliphatic rings. The van der Waals surface area contributed by atoms with Crippen LogP contribution in [0.15, 0.2) is 22.7 Å². The fourth-order valence-electron chi connectivity index (χ4n) is 3.19. The van der Waals surface area contributed by atoms with Gasteiger partial charge in [-0.25, -0.2) is 0 Å². The minimum absolute atomic E-state index is 0.224. The SMILES string of the molecule is CC1(C(=O)O)Cc2ccc(Br)cc2N2CCOCC21N. The van der Waals surface area contributed by atoms with Crippen molar-refractivity contribution in [3.8, 4) is 0 Å². The summed E-state index contributed by atoms with van der Waals surface area (Å²) in [5, 5.41) is 9.71. The molecule has 1 aromatic rings. The zero-order chi connectivity index (χ0) is 14.5. The first-order valence-corrected chi connectivity index (χ1v) is 7.34. The summed E-state index contributed by atoms with van der Waals surface area (Å²) >= 11 is 3.47. The van der Waals surface area contributed by atoms with E-state index in [0.29, 0.717) is 19.6 Å². The molecular weight excluding hydrogens is 324 g/mol. The number of carboxylic acid groups (broad SMARTS) is 1. The molecule has 2 unspecified atom stereocenters. The van der Waals surface area contributed by atoms with E-state index in [-0.39, 0.29) is 6.61 Å². The molecule has 2 heterocycles. The lowest BCUT2D eigenvalue weighted by Gasteiger charge is -2.56. The molecule has 2 atom stereocenters. The third-order valence-corrected chi connectivity index (χ3v) is 5.07. The molecule has 3 N–H and O–H groups in total. The van der Waals surface area contributed by atoms with Crippen LogP contribution >= 0.6 is 15.9 Å². The van der Waals surface area contributed by atoms with Gasteiger partial charge in [-0.3, -0.25) is 4.79 Å². The van der Waals surface area contributed by atoms with Crippen molar-refractivity contribution in [1.29, 1.82) is 0 Å². The highest BCUT2D eigenvalue weighted by Gasteiger charge is 2.59. The summed E-state index contributed by atoms with van der Waals surface area (Å²) in [4.78, 5) is 13.8. The average molecular weight is 341 g/mol. The summed E-state index contributed by atoms with van der Waals surface area (Å²) in [5.41, 5.74) is 6.43. The van der Waals surface area contributed by atoms with Gasteiger partial charge in [0.25, 0.3) is 0 Å². The number of carbonyl (C=O) groups is 1. The van der Waals surface area contributed by atoms with Crippen molar-refractivity contribution in [2.45, 2.75) is 19.0 Å². The molecule has 0 aromatic heterocycles. The molecule has 1 aromatic carbocycles. The summed E-state index contributed by atoms with van der Waals surface area (Å²) in [6.45, 7) is 3.09. The number of nitrogens with zero attached hydrogens (tertiary/aromatic N) is 1. The number of halogens is 1. The van der Waals surface area contributed by atoms with Crippen LogP contribution in [-0.4, -0.2) is 36.5 Å². The van der Waals surface area contributed by atoms with Gasteiger partial charge in [-0.2, -0.15) is 0 Å². The molecule has 3 rings (SSSR count). The predicted molar refractivity (Wildman–Crippen MR) is 78.7 cm³/mol. The van der Waals surface area contributed by atoms with E-state index in [1.54, 1.807) is 6.92 Å². The van der Waals surface area contributed by atoms with E-state index in [1.807, 2.05) is 23.1 Å². The van der Waals surface area contributed by atoms with Crippen LogP contribution in [0.1, 0.15) is 12.5 Å².